The molecule has 0 fully saturated rings. The van der Waals surface area contributed by atoms with Gasteiger partial charge in [0.25, 0.3) is 0 Å². The number of benzene rings is 1. The van der Waals surface area contributed by atoms with E-state index < -0.39 is 0 Å². The van der Waals surface area contributed by atoms with Crippen LogP contribution < -0.4 is 5.32 Å². The molecule has 0 spiro atoms. The monoisotopic (exact) mass is 299 g/mol. The molecular weight excluding hydrogens is 282 g/mol. The number of amides is 2. The lowest BCUT2D eigenvalue weighted by Gasteiger charge is -2.20. The van der Waals surface area contributed by atoms with Gasteiger partial charge in [-0.3, -0.25) is 0 Å². The van der Waals surface area contributed by atoms with Crippen molar-refractivity contribution < 1.29 is 4.79 Å². The van der Waals surface area contributed by atoms with E-state index in [1.54, 1.807) is 28.4 Å². The third-order valence-electron chi connectivity index (χ3n) is 3.12. The number of nitrogens with one attached hydrogen (secondary N) is 1. The van der Waals surface area contributed by atoms with E-state index in [1.165, 1.54) is 4.88 Å². The molecule has 0 atom stereocenters. The Balaban J connectivity index is 1.88. The van der Waals surface area contributed by atoms with Crippen molar-refractivity contribution in [1.82, 2.24) is 10.2 Å². The van der Waals surface area contributed by atoms with Crippen molar-refractivity contribution in [1.29, 1.82) is 5.26 Å². The second-order valence-electron chi connectivity index (χ2n) is 4.56. The van der Waals surface area contributed by atoms with Crippen LogP contribution in [0, 0.1) is 11.3 Å². The Morgan fingerprint density at radius 2 is 2.10 bits per heavy atom. The van der Waals surface area contributed by atoms with Crippen LogP contribution in [0.1, 0.15) is 22.9 Å². The Kier molecular flexibility index (Phi) is 5.35. The van der Waals surface area contributed by atoms with Crippen molar-refractivity contribution in [2.75, 3.05) is 6.54 Å². The van der Waals surface area contributed by atoms with Crippen LogP contribution >= 0.6 is 11.3 Å². The van der Waals surface area contributed by atoms with Gasteiger partial charge in [-0.15, -0.1) is 11.3 Å². The van der Waals surface area contributed by atoms with Gasteiger partial charge in [0.2, 0.25) is 0 Å². The summed E-state index contributed by atoms with van der Waals surface area (Å²) in [6.07, 6.45) is 0. The minimum absolute atomic E-state index is 0.0738. The van der Waals surface area contributed by atoms with Gasteiger partial charge in [-0.1, -0.05) is 18.2 Å². The second kappa shape index (κ2) is 7.46. The minimum Gasteiger partial charge on any atom is -0.334 e. The lowest BCUT2D eigenvalue weighted by molar-refractivity contribution is 0.198. The quantitative estimate of drug-likeness (QED) is 0.920. The number of hydrogen-bond acceptors (Lipinski definition) is 3. The van der Waals surface area contributed by atoms with Crippen LogP contribution in [0.4, 0.5) is 4.79 Å². The molecule has 2 amide bonds. The predicted octanol–water partition coefficient (Wildman–Crippen LogP) is 3.35. The zero-order valence-electron chi connectivity index (χ0n) is 11.9. The minimum atomic E-state index is -0.0738. The van der Waals surface area contributed by atoms with Gasteiger partial charge >= 0.3 is 6.03 Å². The van der Waals surface area contributed by atoms with Gasteiger partial charge in [0.05, 0.1) is 18.2 Å². The highest BCUT2D eigenvalue weighted by Crippen LogP contribution is 2.12. The molecule has 108 valence electrons. The van der Waals surface area contributed by atoms with Gasteiger partial charge in [-0.2, -0.15) is 5.26 Å². The number of carbonyl (C=O) groups is 1. The molecule has 1 aromatic heterocycles. The van der Waals surface area contributed by atoms with Gasteiger partial charge in [0, 0.05) is 18.0 Å². The lowest BCUT2D eigenvalue weighted by atomic mass is 10.1. The predicted molar refractivity (Wildman–Crippen MR) is 83.8 cm³/mol. The maximum absolute atomic E-state index is 12.2. The number of hydrogen-bond donors (Lipinski definition) is 1. The van der Waals surface area contributed by atoms with E-state index in [2.05, 4.69) is 11.4 Å². The Labute approximate surface area is 128 Å². The maximum atomic E-state index is 12.2. The van der Waals surface area contributed by atoms with E-state index in [1.807, 2.05) is 36.6 Å². The van der Waals surface area contributed by atoms with E-state index in [0.717, 1.165) is 5.56 Å². The highest BCUT2D eigenvalue weighted by atomic mass is 32.1. The second-order valence-corrected chi connectivity index (χ2v) is 5.59. The van der Waals surface area contributed by atoms with Crippen molar-refractivity contribution in [3.05, 3.63) is 57.8 Å². The Morgan fingerprint density at radius 3 is 2.67 bits per heavy atom. The molecule has 4 nitrogen and oxygen atoms in total. The molecule has 1 aromatic carbocycles. The molecule has 0 radical (unpaired) electrons. The molecule has 1 N–H and O–H groups in total. The van der Waals surface area contributed by atoms with Crippen molar-refractivity contribution in [2.24, 2.45) is 0 Å². The molecule has 2 aromatic rings. The van der Waals surface area contributed by atoms with E-state index in [0.29, 0.717) is 25.2 Å². The highest BCUT2D eigenvalue weighted by molar-refractivity contribution is 7.09. The lowest BCUT2D eigenvalue weighted by Crippen LogP contribution is -2.38. The molecule has 0 aliphatic rings. The largest absolute Gasteiger partial charge is 0.334 e. The van der Waals surface area contributed by atoms with Gasteiger partial charge in [-0.05, 0) is 36.1 Å². The van der Waals surface area contributed by atoms with Crippen molar-refractivity contribution in [2.45, 2.75) is 20.0 Å². The Morgan fingerprint density at radius 1 is 1.33 bits per heavy atom. The Hall–Kier alpha value is -2.32. The number of rotatable bonds is 5. The molecule has 0 unspecified atom stereocenters. The van der Waals surface area contributed by atoms with Crippen LogP contribution in [-0.4, -0.2) is 17.5 Å². The van der Waals surface area contributed by atoms with Crippen LogP contribution in [0.3, 0.4) is 0 Å². The molecule has 0 aliphatic carbocycles. The average molecular weight is 299 g/mol. The first kappa shape index (κ1) is 15.1. The van der Waals surface area contributed by atoms with Gasteiger partial charge in [0.15, 0.2) is 0 Å². The number of nitrogens with zero attached hydrogens (tertiary/aromatic N) is 2. The SMILES string of the molecule is CCN(Cc1cccs1)C(=O)NCc1ccc(C#N)cc1. The summed E-state index contributed by atoms with van der Waals surface area (Å²) in [7, 11) is 0. The summed E-state index contributed by atoms with van der Waals surface area (Å²) >= 11 is 1.65. The topological polar surface area (TPSA) is 56.1 Å². The fourth-order valence-corrected chi connectivity index (χ4v) is 2.62. The van der Waals surface area contributed by atoms with Crippen molar-refractivity contribution in [3.8, 4) is 6.07 Å². The zero-order chi connectivity index (χ0) is 15.1. The summed E-state index contributed by atoms with van der Waals surface area (Å²) in [5.41, 5.74) is 1.60. The van der Waals surface area contributed by atoms with Crippen LogP contribution in [0.25, 0.3) is 0 Å². The highest BCUT2D eigenvalue weighted by Gasteiger charge is 2.12. The van der Waals surface area contributed by atoms with E-state index in [-0.39, 0.29) is 6.03 Å². The molecule has 5 heteroatoms. The number of urea groups is 1. The summed E-state index contributed by atoms with van der Waals surface area (Å²) in [6.45, 7) is 3.73. The van der Waals surface area contributed by atoms with Crippen LogP contribution in [0.15, 0.2) is 41.8 Å². The first-order valence-corrected chi connectivity index (χ1v) is 7.65. The van der Waals surface area contributed by atoms with Gasteiger partial charge in [-0.25, -0.2) is 4.79 Å². The first-order valence-electron chi connectivity index (χ1n) is 6.77. The van der Waals surface area contributed by atoms with E-state index >= 15 is 0 Å². The smallest absolute Gasteiger partial charge is 0.317 e. The zero-order valence-corrected chi connectivity index (χ0v) is 12.7. The molecule has 21 heavy (non-hydrogen) atoms. The van der Waals surface area contributed by atoms with Crippen LogP contribution in [0.5, 0.6) is 0 Å². The summed E-state index contributed by atoms with van der Waals surface area (Å²) in [6, 6.07) is 13.2. The molecule has 0 saturated carbocycles. The normalized spacial score (nSPS) is 9.90. The first-order chi connectivity index (χ1) is 10.2. The summed E-state index contributed by atoms with van der Waals surface area (Å²) in [5.74, 6) is 0. The third kappa shape index (κ3) is 4.33. The molecule has 0 aliphatic heterocycles. The van der Waals surface area contributed by atoms with Crippen molar-refractivity contribution >= 4 is 17.4 Å². The molecule has 2 rings (SSSR count). The van der Waals surface area contributed by atoms with Gasteiger partial charge < -0.3 is 10.2 Å². The molecular formula is C16H17N3OS. The fraction of sp³-hybridized carbons (Fsp3) is 0.250. The van der Waals surface area contributed by atoms with Crippen LogP contribution in [0.2, 0.25) is 0 Å². The van der Waals surface area contributed by atoms with Gasteiger partial charge in [0.1, 0.15) is 0 Å². The van der Waals surface area contributed by atoms with E-state index in [4.69, 9.17) is 5.26 Å². The Bertz CT molecular complexity index is 614. The fourth-order valence-electron chi connectivity index (χ4n) is 1.90. The van der Waals surface area contributed by atoms with Crippen LogP contribution in [-0.2, 0) is 13.1 Å². The maximum Gasteiger partial charge on any atom is 0.317 e. The molecule has 1 heterocycles. The summed E-state index contributed by atoms with van der Waals surface area (Å²) in [4.78, 5) is 15.1. The molecule has 0 saturated heterocycles. The summed E-state index contributed by atoms with van der Waals surface area (Å²) in [5, 5.41) is 13.7. The number of nitriles is 1. The average Bonchev–Trinajstić information content (AvgIpc) is 3.03. The van der Waals surface area contributed by atoms with E-state index in [9.17, 15) is 4.79 Å². The van der Waals surface area contributed by atoms with Crippen molar-refractivity contribution in [3.63, 3.8) is 0 Å². The third-order valence-corrected chi connectivity index (χ3v) is 3.98. The standard InChI is InChI=1S/C16H17N3OS/c1-2-19(12-15-4-3-9-21-15)16(20)18-11-14-7-5-13(10-17)6-8-14/h3-9H,2,11-12H2,1H3,(H,18,20). The number of carbonyl (C=O) groups excluding carboxylic acids is 1. The molecule has 0 bridgehead atoms. The summed E-state index contributed by atoms with van der Waals surface area (Å²) < 4.78 is 0. The number of thiophene rings is 1.